The van der Waals surface area contributed by atoms with Crippen molar-refractivity contribution in [2.45, 2.75) is 51.6 Å². The van der Waals surface area contributed by atoms with E-state index >= 15 is 0 Å². The van der Waals surface area contributed by atoms with Crippen molar-refractivity contribution >= 4 is 22.4 Å². The van der Waals surface area contributed by atoms with Gasteiger partial charge < -0.3 is 10.6 Å². The zero-order valence-electron chi connectivity index (χ0n) is 14.0. The van der Waals surface area contributed by atoms with Crippen LogP contribution in [0, 0.1) is 5.92 Å². The number of fused-ring (bicyclic) bond motifs is 1. The highest BCUT2D eigenvalue weighted by molar-refractivity contribution is 5.97. The van der Waals surface area contributed by atoms with Gasteiger partial charge in [-0.1, -0.05) is 50.1 Å². The summed E-state index contributed by atoms with van der Waals surface area (Å²) >= 11 is 0. The minimum absolute atomic E-state index is 0.0399. The highest BCUT2D eigenvalue weighted by Crippen LogP contribution is 2.24. The molecule has 1 aliphatic carbocycles. The topological polar surface area (TPSA) is 41.1 Å². The minimum Gasteiger partial charge on any atom is -0.325 e. The lowest BCUT2D eigenvalue weighted by Crippen LogP contribution is -2.47. The summed E-state index contributed by atoms with van der Waals surface area (Å²) in [5, 5.41) is 8.88. The van der Waals surface area contributed by atoms with Crippen LogP contribution in [0.5, 0.6) is 0 Å². The van der Waals surface area contributed by atoms with Gasteiger partial charge in [0.05, 0.1) is 6.04 Å². The van der Waals surface area contributed by atoms with Gasteiger partial charge in [-0.2, -0.15) is 0 Å². The molecule has 0 aliphatic heterocycles. The first-order chi connectivity index (χ1) is 11.1. The third-order valence-electron chi connectivity index (χ3n) is 4.99. The summed E-state index contributed by atoms with van der Waals surface area (Å²) in [6.07, 6.45) is 5.02. The molecule has 1 saturated carbocycles. The van der Waals surface area contributed by atoms with Gasteiger partial charge in [-0.05, 0) is 48.6 Å². The number of hydrogen-bond donors (Lipinski definition) is 2. The van der Waals surface area contributed by atoms with E-state index < -0.39 is 0 Å². The fraction of sp³-hybridized carbons (Fsp3) is 0.450. The lowest BCUT2D eigenvalue weighted by Gasteiger charge is -2.31. The number of hydrogen-bond acceptors (Lipinski definition) is 2. The lowest BCUT2D eigenvalue weighted by atomic mass is 9.85. The number of nitrogens with one attached hydrogen (secondary N) is 2. The van der Waals surface area contributed by atoms with E-state index in [0.29, 0.717) is 12.0 Å². The highest BCUT2D eigenvalue weighted by atomic mass is 16.2. The third-order valence-corrected chi connectivity index (χ3v) is 4.99. The molecule has 122 valence electrons. The van der Waals surface area contributed by atoms with Crippen molar-refractivity contribution < 1.29 is 4.79 Å². The van der Waals surface area contributed by atoms with Gasteiger partial charge in [0.1, 0.15) is 0 Å². The first-order valence-corrected chi connectivity index (χ1v) is 8.69. The monoisotopic (exact) mass is 310 g/mol. The summed E-state index contributed by atoms with van der Waals surface area (Å²) < 4.78 is 0. The molecule has 3 heteroatoms. The normalized spacial score (nSPS) is 22.7. The van der Waals surface area contributed by atoms with Crippen LogP contribution in [-0.4, -0.2) is 18.0 Å². The second-order valence-electron chi connectivity index (χ2n) is 6.81. The van der Waals surface area contributed by atoms with Crippen LogP contribution in [0.15, 0.2) is 42.5 Å². The summed E-state index contributed by atoms with van der Waals surface area (Å²) in [4.78, 5) is 12.5. The fourth-order valence-corrected chi connectivity index (χ4v) is 3.48. The van der Waals surface area contributed by atoms with Crippen molar-refractivity contribution in [2.24, 2.45) is 5.92 Å². The first-order valence-electron chi connectivity index (χ1n) is 8.69. The number of carbonyl (C=O) groups excluding carboxylic acids is 1. The molecule has 3 nitrogen and oxygen atoms in total. The van der Waals surface area contributed by atoms with Crippen molar-refractivity contribution in [2.75, 3.05) is 5.32 Å². The first kappa shape index (κ1) is 16.0. The van der Waals surface area contributed by atoms with Gasteiger partial charge >= 0.3 is 0 Å². The van der Waals surface area contributed by atoms with Crippen LogP contribution in [0.1, 0.15) is 39.5 Å². The maximum Gasteiger partial charge on any atom is 0.241 e. The van der Waals surface area contributed by atoms with Crippen LogP contribution in [0.25, 0.3) is 10.8 Å². The number of anilines is 1. The van der Waals surface area contributed by atoms with E-state index in [1.165, 1.54) is 31.1 Å². The Balaban J connectivity index is 1.62. The van der Waals surface area contributed by atoms with Gasteiger partial charge in [0.25, 0.3) is 0 Å². The predicted octanol–water partition coefficient (Wildman–Crippen LogP) is 4.34. The third kappa shape index (κ3) is 3.91. The van der Waals surface area contributed by atoms with Crippen LogP contribution in [0.3, 0.4) is 0 Å². The van der Waals surface area contributed by atoms with Crippen molar-refractivity contribution in [1.82, 2.24) is 5.32 Å². The smallest absolute Gasteiger partial charge is 0.241 e. The van der Waals surface area contributed by atoms with E-state index in [4.69, 9.17) is 0 Å². The Morgan fingerprint density at radius 3 is 2.61 bits per heavy atom. The predicted molar refractivity (Wildman–Crippen MR) is 96.6 cm³/mol. The zero-order chi connectivity index (χ0) is 16.2. The molecule has 1 fully saturated rings. The summed E-state index contributed by atoms with van der Waals surface area (Å²) in [5.41, 5.74) is 0.860. The maximum absolute atomic E-state index is 12.5. The SMILES string of the molecule is C[C@H](N[C@@H]1CCCC[C@@H]1C)C(=O)Nc1ccc2ccccc2c1. The second-order valence-corrected chi connectivity index (χ2v) is 6.81. The molecule has 2 N–H and O–H groups in total. The standard InChI is InChI=1S/C20H26N2O/c1-14-7-3-6-10-19(14)21-15(2)20(23)22-18-12-11-16-8-4-5-9-17(16)13-18/h4-5,8-9,11-15,19,21H,3,6-7,10H2,1-2H3,(H,22,23)/t14-,15-,19+/m0/s1. The summed E-state index contributed by atoms with van der Waals surface area (Å²) in [7, 11) is 0. The average molecular weight is 310 g/mol. The highest BCUT2D eigenvalue weighted by Gasteiger charge is 2.24. The lowest BCUT2D eigenvalue weighted by molar-refractivity contribution is -0.118. The molecule has 23 heavy (non-hydrogen) atoms. The van der Waals surface area contributed by atoms with E-state index in [1.807, 2.05) is 37.3 Å². The Morgan fingerprint density at radius 2 is 1.83 bits per heavy atom. The van der Waals surface area contributed by atoms with Crippen LogP contribution >= 0.6 is 0 Å². The molecule has 1 amide bonds. The molecular formula is C20H26N2O. The molecule has 0 aromatic heterocycles. The number of amides is 1. The van der Waals surface area contributed by atoms with Gasteiger partial charge in [-0.3, -0.25) is 4.79 Å². The van der Waals surface area contributed by atoms with Gasteiger partial charge in [-0.25, -0.2) is 0 Å². The maximum atomic E-state index is 12.5. The van der Waals surface area contributed by atoms with Crippen molar-refractivity contribution in [3.8, 4) is 0 Å². The Labute approximate surface area is 138 Å². The van der Waals surface area contributed by atoms with E-state index in [0.717, 1.165) is 11.1 Å². The molecule has 0 bridgehead atoms. The van der Waals surface area contributed by atoms with Crippen LogP contribution in [0.4, 0.5) is 5.69 Å². The summed E-state index contributed by atoms with van der Waals surface area (Å²) in [6.45, 7) is 4.24. The number of benzene rings is 2. The van der Waals surface area contributed by atoms with Crippen LogP contribution in [-0.2, 0) is 4.79 Å². The zero-order valence-corrected chi connectivity index (χ0v) is 14.0. The molecule has 0 spiro atoms. The molecule has 0 saturated heterocycles. The van der Waals surface area contributed by atoms with E-state index in [2.05, 4.69) is 29.7 Å². The summed E-state index contributed by atoms with van der Waals surface area (Å²) in [6, 6.07) is 14.5. The van der Waals surface area contributed by atoms with Crippen molar-refractivity contribution in [1.29, 1.82) is 0 Å². The number of carbonyl (C=O) groups is 1. The molecular weight excluding hydrogens is 284 g/mol. The van der Waals surface area contributed by atoms with Gasteiger partial charge in [0.15, 0.2) is 0 Å². The Kier molecular flexibility index (Phi) is 4.97. The van der Waals surface area contributed by atoms with Crippen LogP contribution < -0.4 is 10.6 Å². The van der Waals surface area contributed by atoms with Gasteiger partial charge in [0, 0.05) is 11.7 Å². The van der Waals surface area contributed by atoms with E-state index in [1.54, 1.807) is 0 Å². The Hall–Kier alpha value is -1.87. The molecule has 0 heterocycles. The largest absolute Gasteiger partial charge is 0.325 e. The molecule has 2 aromatic rings. The molecule has 3 rings (SSSR count). The van der Waals surface area contributed by atoms with Crippen molar-refractivity contribution in [3.63, 3.8) is 0 Å². The van der Waals surface area contributed by atoms with Crippen molar-refractivity contribution in [3.05, 3.63) is 42.5 Å². The van der Waals surface area contributed by atoms with E-state index in [-0.39, 0.29) is 11.9 Å². The van der Waals surface area contributed by atoms with Gasteiger partial charge in [0.2, 0.25) is 5.91 Å². The van der Waals surface area contributed by atoms with E-state index in [9.17, 15) is 4.79 Å². The molecule has 0 radical (unpaired) electrons. The molecule has 3 atom stereocenters. The molecule has 2 aromatic carbocycles. The number of rotatable bonds is 4. The minimum atomic E-state index is -0.174. The molecule has 0 unspecified atom stereocenters. The van der Waals surface area contributed by atoms with Crippen LogP contribution in [0.2, 0.25) is 0 Å². The second kappa shape index (κ2) is 7.14. The van der Waals surface area contributed by atoms with Gasteiger partial charge in [-0.15, -0.1) is 0 Å². The fourth-order valence-electron chi connectivity index (χ4n) is 3.48. The Bertz CT molecular complexity index is 682. The summed E-state index contributed by atoms with van der Waals surface area (Å²) in [5.74, 6) is 0.692. The average Bonchev–Trinajstić information content (AvgIpc) is 2.56. The quantitative estimate of drug-likeness (QED) is 0.882. The Morgan fingerprint density at radius 1 is 1.09 bits per heavy atom. The molecule has 1 aliphatic rings.